The van der Waals surface area contributed by atoms with E-state index in [2.05, 4.69) is 11.4 Å². The van der Waals surface area contributed by atoms with Crippen LogP contribution < -0.4 is 19.9 Å². The summed E-state index contributed by atoms with van der Waals surface area (Å²) in [5.74, 6) is 0.911. The van der Waals surface area contributed by atoms with Gasteiger partial charge in [-0.15, -0.1) is 0 Å². The van der Waals surface area contributed by atoms with Gasteiger partial charge in [-0.2, -0.15) is 5.26 Å². The number of primary sulfonamides is 1. The quantitative estimate of drug-likeness (QED) is 0.585. The molecule has 8 nitrogen and oxygen atoms in total. The van der Waals surface area contributed by atoms with Gasteiger partial charge < -0.3 is 14.8 Å². The fraction of sp³-hybridized carbons (Fsp3) is 0.130. The Morgan fingerprint density at radius 2 is 1.69 bits per heavy atom. The summed E-state index contributed by atoms with van der Waals surface area (Å²) in [4.78, 5) is 12.7. The van der Waals surface area contributed by atoms with Gasteiger partial charge in [0.25, 0.3) is 5.91 Å². The van der Waals surface area contributed by atoms with E-state index in [0.29, 0.717) is 39.6 Å². The van der Waals surface area contributed by atoms with E-state index in [9.17, 15) is 13.2 Å². The zero-order valence-electron chi connectivity index (χ0n) is 17.7. The SMILES string of the molecule is COc1cc(C(=O)Nc2ccc(S(N)(=O)=O)cc2C)ccc1Oc1ccc(C#N)cc1C. The minimum absolute atomic E-state index is 0.0331. The first kappa shape index (κ1) is 22.8. The van der Waals surface area contributed by atoms with Crippen molar-refractivity contribution >= 4 is 21.6 Å². The van der Waals surface area contributed by atoms with E-state index in [1.165, 1.54) is 31.4 Å². The van der Waals surface area contributed by atoms with Gasteiger partial charge >= 0.3 is 0 Å². The van der Waals surface area contributed by atoms with Crippen LogP contribution in [0.2, 0.25) is 0 Å². The van der Waals surface area contributed by atoms with Crippen molar-refractivity contribution in [3.63, 3.8) is 0 Å². The monoisotopic (exact) mass is 451 g/mol. The molecule has 164 valence electrons. The second-order valence-corrected chi connectivity index (χ2v) is 8.60. The number of ether oxygens (including phenoxy) is 2. The minimum atomic E-state index is -3.83. The number of aryl methyl sites for hydroxylation is 2. The number of carbonyl (C=O) groups excluding carboxylic acids is 1. The fourth-order valence-electron chi connectivity index (χ4n) is 2.99. The van der Waals surface area contributed by atoms with Crippen LogP contribution in [-0.4, -0.2) is 21.4 Å². The van der Waals surface area contributed by atoms with Crippen LogP contribution in [0.15, 0.2) is 59.5 Å². The lowest BCUT2D eigenvalue weighted by atomic mass is 10.1. The molecular weight excluding hydrogens is 430 g/mol. The summed E-state index contributed by atoms with van der Waals surface area (Å²) in [6.07, 6.45) is 0. The number of nitrogens with one attached hydrogen (secondary N) is 1. The topological polar surface area (TPSA) is 132 Å². The van der Waals surface area contributed by atoms with Crippen molar-refractivity contribution in [3.05, 3.63) is 76.9 Å². The summed E-state index contributed by atoms with van der Waals surface area (Å²) in [7, 11) is -2.36. The molecule has 32 heavy (non-hydrogen) atoms. The molecule has 0 aromatic heterocycles. The Morgan fingerprint density at radius 3 is 2.28 bits per heavy atom. The standard InChI is InChI=1S/C23H21N3O5S/c1-14-11-18(32(25,28)29)6-7-19(14)26-23(27)17-5-9-21(22(12-17)30-3)31-20-8-4-16(13-24)10-15(20)2/h4-12H,1-3H3,(H,26,27)(H2,25,28,29). The van der Waals surface area contributed by atoms with E-state index >= 15 is 0 Å². The molecule has 0 unspecified atom stereocenters. The highest BCUT2D eigenvalue weighted by Gasteiger charge is 2.15. The van der Waals surface area contributed by atoms with Crippen molar-refractivity contribution in [1.82, 2.24) is 0 Å². The molecule has 0 radical (unpaired) electrons. The summed E-state index contributed by atoms with van der Waals surface area (Å²) < 4.78 is 34.2. The predicted octanol–water partition coefficient (Wildman–Crippen LogP) is 3.88. The lowest BCUT2D eigenvalue weighted by molar-refractivity contribution is 0.102. The summed E-state index contributed by atoms with van der Waals surface area (Å²) in [6, 6.07) is 16.1. The summed E-state index contributed by atoms with van der Waals surface area (Å²) in [5, 5.41) is 16.9. The number of benzene rings is 3. The maximum Gasteiger partial charge on any atom is 0.255 e. The van der Waals surface area contributed by atoms with E-state index in [1.807, 2.05) is 6.92 Å². The molecule has 3 aromatic rings. The third-order valence-corrected chi connectivity index (χ3v) is 5.64. The number of hydrogen-bond donors (Lipinski definition) is 2. The van der Waals surface area contributed by atoms with Crippen LogP contribution in [0.1, 0.15) is 27.0 Å². The smallest absolute Gasteiger partial charge is 0.255 e. The number of nitrogens with zero attached hydrogens (tertiary/aromatic N) is 1. The first-order valence-electron chi connectivity index (χ1n) is 9.44. The largest absolute Gasteiger partial charge is 0.493 e. The molecular formula is C23H21N3O5S. The van der Waals surface area contributed by atoms with Crippen LogP contribution in [0.4, 0.5) is 5.69 Å². The van der Waals surface area contributed by atoms with E-state index in [4.69, 9.17) is 19.9 Å². The van der Waals surface area contributed by atoms with Crippen LogP contribution in [-0.2, 0) is 10.0 Å². The maximum atomic E-state index is 12.7. The number of carbonyl (C=O) groups is 1. The van der Waals surface area contributed by atoms with E-state index < -0.39 is 15.9 Å². The van der Waals surface area contributed by atoms with Gasteiger partial charge in [0.2, 0.25) is 10.0 Å². The van der Waals surface area contributed by atoms with Gasteiger partial charge in [-0.05, 0) is 79.6 Å². The van der Waals surface area contributed by atoms with Gasteiger partial charge in [0.1, 0.15) is 5.75 Å². The third-order valence-electron chi connectivity index (χ3n) is 4.72. The van der Waals surface area contributed by atoms with Gasteiger partial charge in [-0.3, -0.25) is 4.79 Å². The average molecular weight is 452 g/mol. The molecule has 3 N–H and O–H groups in total. The lowest BCUT2D eigenvalue weighted by Crippen LogP contribution is -2.15. The molecule has 0 saturated carbocycles. The Bertz CT molecular complexity index is 1340. The predicted molar refractivity (Wildman–Crippen MR) is 119 cm³/mol. The Hall–Kier alpha value is -3.87. The molecule has 0 bridgehead atoms. The van der Waals surface area contributed by atoms with E-state index in [0.717, 1.165) is 5.56 Å². The molecule has 3 aromatic carbocycles. The molecule has 1 amide bonds. The minimum Gasteiger partial charge on any atom is -0.493 e. The highest BCUT2D eigenvalue weighted by atomic mass is 32.2. The number of nitrogens with two attached hydrogens (primary N) is 1. The van der Waals surface area contributed by atoms with Gasteiger partial charge in [0.15, 0.2) is 11.5 Å². The molecule has 0 aliphatic heterocycles. The molecule has 0 aliphatic rings. The van der Waals surface area contributed by atoms with Crippen molar-refractivity contribution in [2.45, 2.75) is 18.7 Å². The molecule has 3 rings (SSSR count). The normalized spacial score (nSPS) is 10.8. The Labute approximate surface area is 186 Å². The summed E-state index contributed by atoms with van der Waals surface area (Å²) in [6.45, 7) is 3.50. The molecule has 0 spiro atoms. The van der Waals surface area contributed by atoms with Crippen molar-refractivity contribution in [3.8, 4) is 23.3 Å². The lowest BCUT2D eigenvalue weighted by Gasteiger charge is -2.14. The first-order chi connectivity index (χ1) is 15.1. The van der Waals surface area contributed by atoms with Gasteiger partial charge in [0, 0.05) is 11.3 Å². The molecule has 0 atom stereocenters. The number of methoxy groups -OCH3 is 1. The number of sulfonamides is 1. The van der Waals surface area contributed by atoms with E-state index in [-0.39, 0.29) is 4.90 Å². The van der Waals surface area contributed by atoms with Crippen molar-refractivity contribution in [1.29, 1.82) is 5.26 Å². The van der Waals surface area contributed by atoms with Crippen LogP contribution in [0.25, 0.3) is 0 Å². The van der Waals surface area contributed by atoms with Gasteiger partial charge in [0.05, 0.1) is 23.6 Å². The van der Waals surface area contributed by atoms with Crippen molar-refractivity contribution in [2.75, 3.05) is 12.4 Å². The van der Waals surface area contributed by atoms with Crippen LogP contribution >= 0.6 is 0 Å². The number of nitriles is 1. The second kappa shape index (κ2) is 9.09. The molecule has 9 heteroatoms. The maximum absolute atomic E-state index is 12.7. The van der Waals surface area contributed by atoms with E-state index in [1.54, 1.807) is 37.3 Å². The number of hydrogen-bond acceptors (Lipinski definition) is 6. The zero-order valence-corrected chi connectivity index (χ0v) is 18.5. The van der Waals surface area contributed by atoms with Crippen molar-refractivity contribution in [2.24, 2.45) is 5.14 Å². The average Bonchev–Trinajstić information content (AvgIpc) is 2.75. The van der Waals surface area contributed by atoms with Gasteiger partial charge in [-0.25, -0.2) is 13.6 Å². The Balaban J connectivity index is 1.82. The van der Waals surface area contributed by atoms with Crippen LogP contribution in [0, 0.1) is 25.2 Å². The number of amides is 1. The number of anilines is 1. The molecule has 0 saturated heterocycles. The summed E-state index contributed by atoms with van der Waals surface area (Å²) >= 11 is 0. The fourth-order valence-corrected chi connectivity index (χ4v) is 3.59. The van der Waals surface area contributed by atoms with Gasteiger partial charge in [-0.1, -0.05) is 0 Å². The molecule has 0 heterocycles. The Morgan fingerprint density at radius 1 is 0.969 bits per heavy atom. The molecule has 0 fully saturated rings. The number of rotatable bonds is 6. The van der Waals surface area contributed by atoms with Crippen molar-refractivity contribution < 1.29 is 22.7 Å². The third kappa shape index (κ3) is 5.06. The van der Waals surface area contributed by atoms with Crippen LogP contribution in [0.5, 0.6) is 17.2 Å². The highest BCUT2D eigenvalue weighted by Crippen LogP contribution is 2.34. The first-order valence-corrected chi connectivity index (χ1v) is 11.0. The Kier molecular flexibility index (Phi) is 6.48. The molecule has 0 aliphatic carbocycles. The second-order valence-electron chi connectivity index (χ2n) is 7.04. The van der Waals surface area contributed by atoms with Crippen LogP contribution in [0.3, 0.4) is 0 Å². The zero-order chi connectivity index (χ0) is 23.5. The summed E-state index contributed by atoms with van der Waals surface area (Å²) in [5.41, 5.74) is 2.64. The highest BCUT2D eigenvalue weighted by molar-refractivity contribution is 7.89.